The summed E-state index contributed by atoms with van der Waals surface area (Å²) >= 11 is 0. The van der Waals surface area contributed by atoms with E-state index in [1.807, 2.05) is 6.92 Å². The van der Waals surface area contributed by atoms with Gasteiger partial charge in [0.2, 0.25) is 5.91 Å². The first-order valence-corrected chi connectivity index (χ1v) is 6.90. The molecule has 0 aliphatic carbocycles. The predicted molar refractivity (Wildman–Crippen MR) is 75.1 cm³/mol. The Hall–Kier alpha value is -2.11. The molecule has 0 aromatic carbocycles. The quantitative estimate of drug-likeness (QED) is 0.788. The number of fused-ring (bicyclic) bond motifs is 1. The van der Waals surface area contributed by atoms with Crippen molar-refractivity contribution in [3.63, 3.8) is 0 Å². The number of H-pyrrole nitrogens is 1. The summed E-state index contributed by atoms with van der Waals surface area (Å²) in [7, 11) is 0. The lowest BCUT2D eigenvalue weighted by Crippen LogP contribution is -2.36. The molecule has 20 heavy (non-hydrogen) atoms. The average molecular weight is 276 g/mol. The van der Waals surface area contributed by atoms with Crippen LogP contribution >= 0.6 is 0 Å². The Morgan fingerprint density at radius 2 is 2.35 bits per heavy atom. The van der Waals surface area contributed by atoms with E-state index in [-0.39, 0.29) is 11.8 Å². The maximum atomic E-state index is 12.0. The van der Waals surface area contributed by atoms with Gasteiger partial charge in [0.05, 0.1) is 0 Å². The number of aromatic nitrogens is 2. The van der Waals surface area contributed by atoms with Crippen molar-refractivity contribution in [1.29, 1.82) is 0 Å². The third-order valence-corrected chi connectivity index (χ3v) is 3.37. The fourth-order valence-corrected chi connectivity index (χ4v) is 2.32. The van der Waals surface area contributed by atoms with Gasteiger partial charge in [0.25, 0.3) is 5.91 Å². The molecule has 6 heteroatoms. The molecule has 0 atom stereocenters. The lowest BCUT2D eigenvalue weighted by molar-refractivity contribution is -0.132. The van der Waals surface area contributed by atoms with E-state index in [2.05, 4.69) is 22.1 Å². The zero-order valence-corrected chi connectivity index (χ0v) is 11.7. The molecule has 0 radical (unpaired) electrons. The van der Waals surface area contributed by atoms with Gasteiger partial charge in [-0.15, -0.1) is 6.58 Å². The third-order valence-electron chi connectivity index (χ3n) is 3.37. The SMILES string of the molecule is C=CCNC(=O)c1n[nH]c2c1CN(C(=O)CCC)CC2. The largest absolute Gasteiger partial charge is 0.347 e. The molecule has 108 valence electrons. The number of hydrogen-bond donors (Lipinski definition) is 2. The number of nitrogens with one attached hydrogen (secondary N) is 2. The van der Waals surface area contributed by atoms with Crippen LogP contribution in [-0.4, -0.2) is 40.0 Å². The lowest BCUT2D eigenvalue weighted by Gasteiger charge is -2.27. The van der Waals surface area contributed by atoms with Crippen LogP contribution < -0.4 is 5.32 Å². The van der Waals surface area contributed by atoms with E-state index >= 15 is 0 Å². The van der Waals surface area contributed by atoms with Crippen LogP contribution in [0.5, 0.6) is 0 Å². The number of amides is 2. The van der Waals surface area contributed by atoms with E-state index in [1.54, 1.807) is 11.0 Å². The van der Waals surface area contributed by atoms with Crippen molar-refractivity contribution in [2.45, 2.75) is 32.7 Å². The molecule has 1 aliphatic rings. The minimum absolute atomic E-state index is 0.136. The van der Waals surface area contributed by atoms with Crippen molar-refractivity contribution >= 4 is 11.8 Å². The Bertz CT molecular complexity index is 521. The van der Waals surface area contributed by atoms with Gasteiger partial charge in [0, 0.05) is 43.7 Å². The van der Waals surface area contributed by atoms with E-state index in [9.17, 15) is 9.59 Å². The Labute approximate surface area is 118 Å². The van der Waals surface area contributed by atoms with Crippen molar-refractivity contribution in [1.82, 2.24) is 20.4 Å². The van der Waals surface area contributed by atoms with Crippen molar-refractivity contribution in [3.8, 4) is 0 Å². The monoisotopic (exact) mass is 276 g/mol. The van der Waals surface area contributed by atoms with E-state index in [0.717, 1.165) is 17.7 Å². The number of rotatable bonds is 5. The molecule has 0 unspecified atom stereocenters. The Kier molecular flexibility index (Phi) is 4.55. The molecular weight excluding hydrogens is 256 g/mol. The highest BCUT2D eigenvalue weighted by Gasteiger charge is 2.27. The molecule has 2 N–H and O–H groups in total. The highest BCUT2D eigenvalue weighted by atomic mass is 16.2. The summed E-state index contributed by atoms with van der Waals surface area (Å²) in [5, 5.41) is 9.69. The first-order chi connectivity index (χ1) is 9.67. The molecule has 0 spiro atoms. The van der Waals surface area contributed by atoms with Crippen molar-refractivity contribution in [3.05, 3.63) is 29.6 Å². The summed E-state index contributed by atoms with van der Waals surface area (Å²) in [6.45, 7) is 7.09. The highest BCUT2D eigenvalue weighted by Crippen LogP contribution is 2.21. The third kappa shape index (κ3) is 2.89. The van der Waals surface area contributed by atoms with E-state index in [4.69, 9.17) is 0 Å². The molecule has 1 aromatic rings. The van der Waals surface area contributed by atoms with Crippen LogP contribution in [0, 0.1) is 0 Å². The zero-order chi connectivity index (χ0) is 14.5. The molecule has 2 heterocycles. The van der Waals surface area contributed by atoms with Crippen molar-refractivity contribution in [2.75, 3.05) is 13.1 Å². The molecular formula is C14H20N4O2. The normalized spacial score (nSPS) is 13.8. The summed E-state index contributed by atoms with van der Waals surface area (Å²) in [6, 6.07) is 0. The Morgan fingerprint density at radius 1 is 1.55 bits per heavy atom. The minimum atomic E-state index is -0.229. The van der Waals surface area contributed by atoms with Gasteiger partial charge in [-0.2, -0.15) is 5.10 Å². The number of hydrogen-bond acceptors (Lipinski definition) is 3. The number of aromatic amines is 1. The van der Waals surface area contributed by atoms with Gasteiger partial charge in [-0.3, -0.25) is 14.7 Å². The second kappa shape index (κ2) is 6.36. The summed E-state index contributed by atoms with van der Waals surface area (Å²) in [4.78, 5) is 25.8. The van der Waals surface area contributed by atoms with E-state index in [0.29, 0.717) is 38.2 Å². The minimum Gasteiger partial charge on any atom is -0.347 e. The van der Waals surface area contributed by atoms with E-state index < -0.39 is 0 Å². The smallest absolute Gasteiger partial charge is 0.272 e. The number of nitrogens with zero attached hydrogens (tertiary/aromatic N) is 2. The maximum absolute atomic E-state index is 12.0. The molecule has 0 fully saturated rings. The Morgan fingerprint density at radius 3 is 3.05 bits per heavy atom. The second-order valence-corrected chi connectivity index (χ2v) is 4.84. The van der Waals surface area contributed by atoms with Crippen molar-refractivity contribution < 1.29 is 9.59 Å². The highest BCUT2D eigenvalue weighted by molar-refractivity contribution is 5.94. The summed E-state index contributed by atoms with van der Waals surface area (Å²) in [5.41, 5.74) is 2.17. The molecule has 0 saturated heterocycles. The predicted octanol–water partition coefficient (Wildman–Crippen LogP) is 1.01. The molecule has 0 saturated carbocycles. The standard InChI is InChI=1S/C14H20N4O2/c1-3-5-12(19)18-8-6-11-10(9-18)13(17-16-11)14(20)15-7-4-2/h4H,2-3,5-9H2,1H3,(H,15,20)(H,16,17). The summed E-state index contributed by atoms with van der Waals surface area (Å²) in [5.74, 6) is -0.0935. The van der Waals surface area contributed by atoms with Crippen LogP contribution in [-0.2, 0) is 17.8 Å². The fraction of sp³-hybridized carbons (Fsp3) is 0.500. The first kappa shape index (κ1) is 14.3. The topological polar surface area (TPSA) is 78.1 Å². The molecule has 2 rings (SSSR count). The molecule has 2 amide bonds. The van der Waals surface area contributed by atoms with Gasteiger partial charge in [-0.1, -0.05) is 13.0 Å². The van der Waals surface area contributed by atoms with Gasteiger partial charge in [-0.25, -0.2) is 0 Å². The first-order valence-electron chi connectivity index (χ1n) is 6.90. The lowest BCUT2D eigenvalue weighted by atomic mass is 10.0. The molecule has 1 aromatic heterocycles. The average Bonchev–Trinajstić information content (AvgIpc) is 2.88. The van der Waals surface area contributed by atoms with Gasteiger partial charge < -0.3 is 10.2 Å². The maximum Gasteiger partial charge on any atom is 0.272 e. The van der Waals surface area contributed by atoms with Gasteiger partial charge >= 0.3 is 0 Å². The van der Waals surface area contributed by atoms with Crippen LogP contribution in [0.15, 0.2) is 12.7 Å². The van der Waals surface area contributed by atoms with Gasteiger partial charge in [-0.05, 0) is 6.42 Å². The van der Waals surface area contributed by atoms with Crippen LogP contribution in [0.25, 0.3) is 0 Å². The van der Waals surface area contributed by atoms with E-state index in [1.165, 1.54) is 0 Å². The van der Waals surface area contributed by atoms with Crippen LogP contribution in [0.4, 0.5) is 0 Å². The molecule has 1 aliphatic heterocycles. The number of carbonyl (C=O) groups is 2. The zero-order valence-electron chi connectivity index (χ0n) is 11.7. The fourth-order valence-electron chi connectivity index (χ4n) is 2.32. The summed E-state index contributed by atoms with van der Waals surface area (Å²) < 4.78 is 0. The van der Waals surface area contributed by atoms with Crippen LogP contribution in [0.3, 0.4) is 0 Å². The number of carbonyl (C=O) groups excluding carboxylic acids is 2. The Balaban J connectivity index is 2.13. The second-order valence-electron chi connectivity index (χ2n) is 4.84. The van der Waals surface area contributed by atoms with Crippen LogP contribution in [0.1, 0.15) is 41.5 Å². The molecule has 0 bridgehead atoms. The van der Waals surface area contributed by atoms with Gasteiger partial charge in [0.15, 0.2) is 5.69 Å². The summed E-state index contributed by atoms with van der Waals surface area (Å²) in [6.07, 6.45) is 3.71. The van der Waals surface area contributed by atoms with Crippen molar-refractivity contribution in [2.24, 2.45) is 0 Å². The van der Waals surface area contributed by atoms with Gasteiger partial charge in [0.1, 0.15) is 0 Å². The molecule has 6 nitrogen and oxygen atoms in total. The van der Waals surface area contributed by atoms with Crippen LogP contribution in [0.2, 0.25) is 0 Å².